The van der Waals surface area contributed by atoms with Crippen molar-refractivity contribution in [3.8, 4) is 22.3 Å². The maximum Gasteiger partial charge on any atom is 0.0464 e. The summed E-state index contributed by atoms with van der Waals surface area (Å²) >= 11 is 0. The monoisotopic (exact) mass is 928 g/mol. The molecule has 7 aromatic carbocycles. The quantitative estimate of drug-likeness (QED) is 0.127. The van der Waals surface area contributed by atoms with Crippen LogP contribution in [0, 0.1) is 5.92 Å². The molecular weight excluding hydrogens is 863 g/mol. The summed E-state index contributed by atoms with van der Waals surface area (Å²) in [5.74, 6) is 0.602. The summed E-state index contributed by atoms with van der Waals surface area (Å²) in [6, 6.07) is 56.1. The summed E-state index contributed by atoms with van der Waals surface area (Å²) in [5, 5.41) is 11.1. The number of anilines is 3. The maximum absolute atomic E-state index is 2.79. The smallest absolute Gasteiger partial charge is 0.0464 e. The van der Waals surface area contributed by atoms with Gasteiger partial charge in [-0.2, -0.15) is 0 Å². The van der Waals surface area contributed by atoms with Crippen LogP contribution in [-0.4, -0.2) is 69.5 Å². The molecule has 68 heavy (non-hydrogen) atoms. The van der Waals surface area contributed by atoms with Gasteiger partial charge in [0, 0.05) is 67.8 Å². The van der Waals surface area contributed by atoms with Gasteiger partial charge in [0.1, 0.15) is 0 Å². The Bertz CT molecular complexity index is 2950. The Labute approximate surface area is 408 Å². The van der Waals surface area contributed by atoms with Gasteiger partial charge in [-0.15, -0.1) is 0 Å². The summed E-state index contributed by atoms with van der Waals surface area (Å²) in [6.45, 7) is 11.9. The van der Waals surface area contributed by atoms with Crippen LogP contribution in [0.5, 0.6) is 0 Å². The van der Waals surface area contributed by atoms with Crippen LogP contribution < -0.4 is 30.6 Å². The summed E-state index contributed by atoms with van der Waals surface area (Å²) in [6.07, 6.45) is 19.7. The molecule has 1 saturated carbocycles. The molecule has 4 unspecified atom stereocenters. The molecule has 6 aliphatic rings. The third kappa shape index (κ3) is 8.50. The Morgan fingerprint density at radius 1 is 0.500 bits per heavy atom. The molecule has 4 heterocycles. The highest BCUT2D eigenvalue weighted by Crippen LogP contribution is 2.59. The lowest BCUT2D eigenvalue weighted by molar-refractivity contribution is 0.255. The topological polar surface area (TPSA) is 13.0 Å². The number of allylic oxidation sites excluding steroid dienone is 2. The zero-order chi connectivity index (χ0) is 45.4. The molecule has 344 valence electrons. The molecular formula is C62H66N4P2. The second-order valence-corrected chi connectivity index (χ2v) is 23.4. The lowest BCUT2D eigenvalue weighted by Gasteiger charge is -2.31. The van der Waals surface area contributed by atoms with E-state index in [1.807, 2.05) is 0 Å². The van der Waals surface area contributed by atoms with E-state index in [-0.39, 0.29) is 5.54 Å². The van der Waals surface area contributed by atoms with E-state index in [1.165, 1.54) is 179 Å². The average Bonchev–Trinajstić information content (AvgIpc) is 4.15. The van der Waals surface area contributed by atoms with Crippen molar-refractivity contribution in [1.82, 2.24) is 4.90 Å². The number of likely N-dealkylation sites (tertiary alicyclic amines) is 1. The van der Waals surface area contributed by atoms with Crippen molar-refractivity contribution >= 4 is 71.0 Å². The van der Waals surface area contributed by atoms with Crippen LogP contribution in [0.25, 0.3) is 43.8 Å². The second kappa shape index (κ2) is 19.3. The van der Waals surface area contributed by atoms with Gasteiger partial charge in [-0.1, -0.05) is 136 Å². The van der Waals surface area contributed by atoms with Gasteiger partial charge in [0.05, 0.1) is 0 Å². The minimum Gasteiger partial charge on any atom is -0.372 e. The molecule has 4 nitrogen and oxygen atoms in total. The molecule has 0 aromatic heterocycles. The van der Waals surface area contributed by atoms with E-state index in [9.17, 15) is 0 Å². The predicted molar refractivity (Wildman–Crippen MR) is 298 cm³/mol. The van der Waals surface area contributed by atoms with Gasteiger partial charge in [-0.05, 0) is 187 Å². The van der Waals surface area contributed by atoms with Gasteiger partial charge in [-0.3, -0.25) is 4.90 Å². The Hall–Kier alpha value is -5.24. The first-order valence-corrected chi connectivity index (χ1v) is 28.7. The molecule has 4 aliphatic heterocycles. The molecule has 5 fully saturated rings. The summed E-state index contributed by atoms with van der Waals surface area (Å²) in [5.41, 5.74) is 9.71. The van der Waals surface area contributed by atoms with Crippen molar-refractivity contribution in [2.24, 2.45) is 5.92 Å². The van der Waals surface area contributed by atoms with Gasteiger partial charge < -0.3 is 14.7 Å². The van der Waals surface area contributed by atoms with Crippen LogP contribution >= 0.6 is 16.5 Å². The van der Waals surface area contributed by atoms with E-state index in [4.69, 9.17) is 0 Å². The minimum atomic E-state index is -0.863. The number of hydrogen-bond donors (Lipinski definition) is 0. The maximum atomic E-state index is 2.79. The summed E-state index contributed by atoms with van der Waals surface area (Å²) in [4.78, 5) is 10.4. The van der Waals surface area contributed by atoms with Crippen LogP contribution in [-0.2, 0) is 0 Å². The third-order valence-corrected chi connectivity index (χ3v) is 19.5. The highest BCUT2D eigenvalue weighted by Gasteiger charge is 2.57. The normalized spacial score (nSPS) is 21.8. The number of fused-ring (bicyclic) bond motifs is 3. The lowest BCUT2D eigenvalue weighted by Crippen LogP contribution is -2.35. The fourth-order valence-electron chi connectivity index (χ4n) is 12.3. The Morgan fingerprint density at radius 3 is 1.56 bits per heavy atom. The van der Waals surface area contributed by atoms with E-state index in [0.717, 1.165) is 21.7 Å². The number of hydrogen-bond acceptors (Lipinski definition) is 4. The lowest BCUT2D eigenvalue weighted by atomic mass is 9.87. The van der Waals surface area contributed by atoms with Crippen LogP contribution in [0.2, 0.25) is 0 Å². The fourth-order valence-corrected chi connectivity index (χ4v) is 15.3. The summed E-state index contributed by atoms with van der Waals surface area (Å²) < 4.78 is 0. The molecule has 0 radical (unpaired) electrons. The number of benzene rings is 7. The van der Waals surface area contributed by atoms with Crippen molar-refractivity contribution in [2.45, 2.75) is 63.3 Å². The SMILES string of the molecule is C1=CC2(N3CCCC3)CC2C=C1P(c1ccc(N2CCCC2)cc1)c1ccc2ccccc2c1-c1c(-c2ccc(N3CCCC3)cc2)ccc2ccccc12.CPc1ccc(N2CCCC2)cc1. The summed E-state index contributed by atoms with van der Waals surface area (Å²) in [7, 11) is 0.0551. The molecule has 4 atom stereocenters. The molecule has 0 bridgehead atoms. The van der Waals surface area contributed by atoms with E-state index in [1.54, 1.807) is 0 Å². The molecule has 13 rings (SSSR count). The first kappa shape index (κ1) is 44.0. The molecule has 0 N–H and O–H groups in total. The number of nitrogens with zero attached hydrogens (tertiary/aromatic N) is 4. The van der Waals surface area contributed by atoms with Crippen molar-refractivity contribution in [2.75, 3.05) is 73.7 Å². The van der Waals surface area contributed by atoms with Crippen LogP contribution in [0.1, 0.15) is 57.8 Å². The molecule has 0 spiro atoms. The highest BCUT2D eigenvalue weighted by atomic mass is 31.1. The number of rotatable bonds is 10. The molecule has 2 aliphatic carbocycles. The zero-order valence-corrected chi connectivity index (χ0v) is 41.8. The Morgan fingerprint density at radius 2 is 1.00 bits per heavy atom. The van der Waals surface area contributed by atoms with Crippen LogP contribution in [0.4, 0.5) is 17.1 Å². The molecule has 6 heteroatoms. The van der Waals surface area contributed by atoms with Crippen LogP contribution in [0.15, 0.2) is 169 Å². The first-order valence-electron chi connectivity index (χ1n) is 25.9. The second-order valence-electron chi connectivity index (χ2n) is 20.1. The van der Waals surface area contributed by atoms with Crippen molar-refractivity contribution < 1.29 is 0 Å². The molecule has 4 saturated heterocycles. The highest BCUT2D eigenvalue weighted by molar-refractivity contribution is 7.77. The van der Waals surface area contributed by atoms with E-state index in [0.29, 0.717) is 5.92 Å². The van der Waals surface area contributed by atoms with Gasteiger partial charge in [0.25, 0.3) is 0 Å². The van der Waals surface area contributed by atoms with Crippen molar-refractivity contribution in [1.29, 1.82) is 0 Å². The Kier molecular flexibility index (Phi) is 12.5. The van der Waals surface area contributed by atoms with Gasteiger partial charge in [-0.25, -0.2) is 0 Å². The Balaban J connectivity index is 0.000000319. The predicted octanol–water partition coefficient (Wildman–Crippen LogP) is 13.5. The van der Waals surface area contributed by atoms with E-state index >= 15 is 0 Å². The first-order chi connectivity index (χ1) is 33.6. The fraction of sp³-hybridized carbons (Fsp3) is 0.323. The molecule has 0 amide bonds. The van der Waals surface area contributed by atoms with Crippen molar-refractivity contribution in [3.63, 3.8) is 0 Å². The van der Waals surface area contributed by atoms with Gasteiger partial charge in [0.2, 0.25) is 0 Å². The molecule has 7 aromatic rings. The average molecular weight is 929 g/mol. The van der Waals surface area contributed by atoms with Crippen molar-refractivity contribution in [3.05, 3.63) is 169 Å². The van der Waals surface area contributed by atoms with Gasteiger partial charge >= 0.3 is 0 Å². The van der Waals surface area contributed by atoms with E-state index in [2.05, 4.69) is 190 Å². The largest absolute Gasteiger partial charge is 0.372 e. The van der Waals surface area contributed by atoms with E-state index < -0.39 is 7.92 Å². The zero-order valence-electron chi connectivity index (χ0n) is 39.9. The standard InChI is InChI=1S/C51H50N3P.C11H16NP/c1-3-13-45-37(11-1)17-25-47(39-15-19-41(20-16-39)52-29-5-6-30-52)49(45)50-46-14-4-2-12-38(46)18-26-48(50)55(43-23-21-42(22-24-43)53-31-7-8-32-53)44-27-28-51(36-40(51)35-44)54-33-9-10-34-54;1-13-11-6-4-10(5-7-11)12-8-2-3-9-12/h1-4,11-28,35,40H,5-10,29-34,36H2;4-7,13H,2-3,8-9H2,1H3. The van der Waals surface area contributed by atoms with Crippen LogP contribution in [0.3, 0.4) is 0 Å². The third-order valence-electron chi connectivity index (χ3n) is 16.1. The minimum absolute atomic E-state index is 0.247. The van der Waals surface area contributed by atoms with Gasteiger partial charge in [0.15, 0.2) is 0 Å².